The summed E-state index contributed by atoms with van der Waals surface area (Å²) in [5, 5.41) is 6.84. The summed E-state index contributed by atoms with van der Waals surface area (Å²) in [5.41, 5.74) is 7.32. The topological polar surface area (TPSA) is 63.9 Å². The molecule has 0 atom stereocenters. The second kappa shape index (κ2) is 4.25. The molecular weight excluding hydrogens is 245 g/mol. The van der Waals surface area contributed by atoms with Crippen LogP contribution in [0.5, 0.6) is 5.75 Å². The van der Waals surface area contributed by atoms with Crippen molar-refractivity contribution in [1.82, 2.24) is 10.2 Å². The Morgan fingerprint density at radius 1 is 1.47 bits per heavy atom. The first-order valence-corrected chi connectivity index (χ1v) is 5.26. The maximum atomic E-state index is 13.7. The minimum Gasteiger partial charge on any atom is -0.493 e. The predicted molar refractivity (Wildman–Crippen MR) is 64.7 cm³/mol. The van der Waals surface area contributed by atoms with Crippen molar-refractivity contribution in [2.45, 2.75) is 6.92 Å². The van der Waals surface area contributed by atoms with Gasteiger partial charge in [0.15, 0.2) is 11.6 Å². The van der Waals surface area contributed by atoms with Crippen molar-refractivity contribution in [2.24, 2.45) is 0 Å². The first kappa shape index (κ1) is 11.7. The van der Waals surface area contributed by atoms with Crippen LogP contribution in [-0.4, -0.2) is 17.3 Å². The molecule has 1 aromatic carbocycles. The van der Waals surface area contributed by atoms with Crippen LogP contribution in [0.2, 0.25) is 5.02 Å². The lowest BCUT2D eigenvalue weighted by atomic mass is 10.0. The van der Waals surface area contributed by atoms with E-state index in [9.17, 15) is 4.39 Å². The molecule has 0 radical (unpaired) electrons. The highest BCUT2D eigenvalue weighted by atomic mass is 35.5. The Balaban J connectivity index is 2.74. The Bertz CT molecular complexity index is 568. The Hall–Kier alpha value is -1.75. The van der Waals surface area contributed by atoms with E-state index in [4.69, 9.17) is 22.1 Å². The van der Waals surface area contributed by atoms with Gasteiger partial charge in [0, 0.05) is 16.7 Å². The van der Waals surface area contributed by atoms with Crippen LogP contribution in [0.25, 0.3) is 11.3 Å². The van der Waals surface area contributed by atoms with Crippen molar-refractivity contribution in [2.75, 3.05) is 12.8 Å². The summed E-state index contributed by atoms with van der Waals surface area (Å²) in [6, 6.07) is 2.82. The van der Waals surface area contributed by atoms with Crippen molar-refractivity contribution in [3.63, 3.8) is 0 Å². The molecule has 0 saturated carbocycles. The van der Waals surface area contributed by atoms with Crippen molar-refractivity contribution in [3.05, 3.63) is 28.5 Å². The van der Waals surface area contributed by atoms with E-state index >= 15 is 0 Å². The highest BCUT2D eigenvalue weighted by molar-refractivity contribution is 6.31. The second-order valence-corrected chi connectivity index (χ2v) is 3.99. The van der Waals surface area contributed by atoms with E-state index < -0.39 is 5.82 Å². The summed E-state index contributed by atoms with van der Waals surface area (Å²) in [5.74, 6) is -0.0799. The molecule has 0 aliphatic carbocycles. The molecule has 1 aromatic heterocycles. The third kappa shape index (κ3) is 1.93. The monoisotopic (exact) mass is 255 g/mol. The van der Waals surface area contributed by atoms with Crippen molar-refractivity contribution < 1.29 is 9.13 Å². The highest BCUT2D eigenvalue weighted by Gasteiger charge is 2.18. The number of nitrogens with zero attached hydrogens (tertiary/aromatic N) is 1. The maximum Gasteiger partial charge on any atom is 0.167 e. The number of halogens is 2. The molecule has 0 amide bonds. The van der Waals surface area contributed by atoms with Gasteiger partial charge in [-0.05, 0) is 18.6 Å². The van der Waals surface area contributed by atoms with Gasteiger partial charge < -0.3 is 10.5 Å². The molecule has 2 aromatic rings. The normalized spacial score (nSPS) is 10.6. The van der Waals surface area contributed by atoms with Crippen LogP contribution in [0.15, 0.2) is 12.1 Å². The van der Waals surface area contributed by atoms with Gasteiger partial charge in [-0.1, -0.05) is 11.6 Å². The zero-order valence-electron chi connectivity index (χ0n) is 9.34. The van der Waals surface area contributed by atoms with E-state index in [0.717, 1.165) is 0 Å². The zero-order valence-corrected chi connectivity index (χ0v) is 10.1. The first-order chi connectivity index (χ1) is 8.04. The quantitative estimate of drug-likeness (QED) is 0.867. The minimum absolute atomic E-state index is 0.121. The smallest absolute Gasteiger partial charge is 0.167 e. The summed E-state index contributed by atoms with van der Waals surface area (Å²) in [6.07, 6.45) is 0. The third-order valence-corrected chi connectivity index (χ3v) is 2.89. The number of nitrogens with two attached hydrogens (primary N) is 1. The van der Waals surface area contributed by atoms with Gasteiger partial charge in [-0.15, -0.1) is 0 Å². The van der Waals surface area contributed by atoms with E-state index in [-0.39, 0.29) is 5.75 Å². The molecule has 4 nitrogen and oxygen atoms in total. The number of hydrogen-bond acceptors (Lipinski definition) is 3. The lowest BCUT2D eigenvalue weighted by Gasteiger charge is -2.12. The largest absolute Gasteiger partial charge is 0.493 e. The fourth-order valence-corrected chi connectivity index (χ4v) is 1.87. The Labute approximate surface area is 103 Å². The molecule has 0 unspecified atom stereocenters. The molecule has 0 saturated heterocycles. The van der Waals surface area contributed by atoms with Crippen molar-refractivity contribution >= 4 is 17.4 Å². The van der Waals surface area contributed by atoms with E-state index in [0.29, 0.717) is 27.7 Å². The summed E-state index contributed by atoms with van der Waals surface area (Å²) in [7, 11) is 1.40. The van der Waals surface area contributed by atoms with E-state index in [2.05, 4.69) is 10.2 Å². The highest BCUT2D eigenvalue weighted by Crippen LogP contribution is 2.38. The average molecular weight is 256 g/mol. The molecule has 3 N–H and O–H groups in total. The van der Waals surface area contributed by atoms with Gasteiger partial charge >= 0.3 is 0 Å². The van der Waals surface area contributed by atoms with Crippen LogP contribution in [0, 0.1) is 12.7 Å². The number of rotatable bonds is 2. The van der Waals surface area contributed by atoms with Crippen LogP contribution in [0.4, 0.5) is 10.2 Å². The summed E-state index contributed by atoms with van der Waals surface area (Å²) in [4.78, 5) is 0. The molecule has 0 spiro atoms. The van der Waals surface area contributed by atoms with Gasteiger partial charge in [0.1, 0.15) is 5.82 Å². The molecule has 0 aliphatic heterocycles. The fourth-order valence-electron chi connectivity index (χ4n) is 1.68. The number of anilines is 1. The standard InChI is InChI=1S/C11H11ClFN3O/c1-5-6(12)3-7(13)11(17-2)10(5)8-4-9(14)16-15-8/h3-4H,1-2H3,(H3,14,15,16). The molecule has 6 heteroatoms. The van der Waals surface area contributed by atoms with E-state index in [1.54, 1.807) is 13.0 Å². The predicted octanol–water partition coefficient (Wildman–Crippen LogP) is 2.77. The molecule has 2 rings (SSSR count). The Morgan fingerprint density at radius 3 is 2.71 bits per heavy atom. The molecule has 0 bridgehead atoms. The molecule has 0 fully saturated rings. The Morgan fingerprint density at radius 2 is 2.18 bits per heavy atom. The number of nitrogens with one attached hydrogen (secondary N) is 1. The lowest BCUT2D eigenvalue weighted by molar-refractivity contribution is 0.388. The van der Waals surface area contributed by atoms with Crippen molar-refractivity contribution in [3.8, 4) is 17.0 Å². The van der Waals surface area contributed by atoms with Crippen LogP contribution in [0.3, 0.4) is 0 Å². The van der Waals surface area contributed by atoms with E-state index in [1.165, 1.54) is 13.2 Å². The van der Waals surface area contributed by atoms with Crippen molar-refractivity contribution in [1.29, 1.82) is 0 Å². The van der Waals surface area contributed by atoms with Crippen LogP contribution < -0.4 is 10.5 Å². The third-order valence-electron chi connectivity index (χ3n) is 2.50. The molecule has 1 heterocycles. The lowest BCUT2D eigenvalue weighted by Crippen LogP contribution is -1.96. The zero-order chi connectivity index (χ0) is 12.6. The molecular formula is C11H11ClFN3O. The van der Waals surface area contributed by atoms with Gasteiger partial charge in [0.25, 0.3) is 0 Å². The van der Waals surface area contributed by atoms with Gasteiger partial charge in [0.05, 0.1) is 12.8 Å². The number of aromatic nitrogens is 2. The van der Waals surface area contributed by atoms with Gasteiger partial charge in [-0.3, -0.25) is 5.10 Å². The average Bonchev–Trinajstić information content (AvgIpc) is 2.69. The first-order valence-electron chi connectivity index (χ1n) is 4.88. The van der Waals surface area contributed by atoms with Crippen LogP contribution >= 0.6 is 11.6 Å². The number of benzene rings is 1. The number of H-pyrrole nitrogens is 1. The number of ether oxygens (including phenoxy) is 1. The number of hydrogen-bond donors (Lipinski definition) is 2. The molecule has 17 heavy (non-hydrogen) atoms. The summed E-state index contributed by atoms with van der Waals surface area (Å²) in [6.45, 7) is 1.77. The molecule has 90 valence electrons. The number of methoxy groups -OCH3 is 1. The minimum atomic E-state index is -0.522. The Kier molecular flexibility index (Phi) is 2.93. The van der Waals surface area contributed by atoms with Gasteiger partial charge in [-0.2, -0.15) is 5.10 Å². The second-order valence-electron chi connectivity index (χ2n) is 3.58. The fraction of sp³-hybridized carbons (Fsp3) is 0.182. The maximum absolute atomic E-state index is 13.7. The summed E-state index contributed by atoms with van der Waals surface area (Å²) >= 11 is 5.94. The number of aromatic amines is 1. The van der Waals surface area contributed by atoms with Crippen LogP contribution in [-0.2, 0) is 0 Å². The number of nitrogen functional groups attached to an aromatic ring is 1. The summed E-state index contributed by atoms with van der Waals surface area (Å²) < 4.78 is 18.8. The van der Waals surface area contributed by atoms with Gasteiger partial charge in [0.2, 0.25) is 0 Å². The van der Waals surface area contributed by atoms with Crippen LogP contribution in [0.1, 0.15) is 5.56 Å². The van der Waals surface area contributed by atoms with E-state index in [1.807, 2.05) is 0 Å². The van der Waals surface area contributed by atoms with Gasteiger partial charge in [-0.25, -0.2) is 4.39 Å². The SMILES string of the molecule is COc1c(F)cc(Cl)c(C)c1-c1cc(N)n[nH]1. The molecule has 0 aliphatic rings.